The zero-order valence-electron chi connectivity index (χ0n) is 16.4. The van der Waals surface area contributed by atoms with E-state index in [2.05, 4.69) is 20.5 Å². The normalized spacial score (nSPS) is 15.1. The molecule has 1 aromatic rings. The molecule has 1 fully saturated rings. The van der Waals surface area contributed by atoms with Gasteiger partial charge in [0, 0.05) is 45.4 Å². The maximum absolute atomic E-state index is 11.1. The van der Waals surface area contributed by atoms with Crippen molar-refractivity contribution in [3.8, 4) is 5.75 Å². The third-order valence-electron chi connectivity index (χ3n) is 4.16. The first kappa shape index (κ1) is 23.5. The second-order valence-electron chi connectivity index (χ2n) is 6.17. The minimum Gasteiger partial charge on any atom is -0.492 e. The van der Waals surface area contributed by atoms with E-state index >= 15 is 0 Å². The van der Waals surface area contributed by atoms with Gasteiger partial charge >= 0.3 is 0 Å². The molecular weight excluding hydrogens is 459 g/mol. The number of nitrogens with zero attached hydrogens (tertiary/aromatic N) is 2. The zero-order chi connectivity index (χ0) is 18.8. The van der Waals surface area contributed by atoms with Crippen LogP contribution in [0.3, 0.4) is 0 Å². The Kier molecular flexibility index (Phi) is 11.1. The van der Waals surface area contributed by atoms with Gasteiger partial charge in [-0.2, -0.15) is 0 Å². The molecule has 0 radical (unpaired) electrons. The van der Waals surface area contributed by atoms with Crippen LogP contribution in [0.25, 0.3) is 0 Å². The molecule has 1 aromatic carbocycles. The number of nitrogens with one attached hydrogen (secondary N) is 2. The van der Waals surface area contributed by atoms with Crippen LogP contribution in [0.5, 0.6) is 5.75 Å². The average Bonchev–Trinajstić information content (AvgIpc) is 2.63. The minimum absolute atomic E-state index is 0. The molecule has 1 heterocycles. The minimum atomic E-state index is -0.0966. The summed E-state index contributed by atoms with van der Waals surface area (Å²) in [6, 6.07) is 7.38. The van der Waals surface area contributed by atoms with E-state index in [-0.39, 0.29) is 29.9 Å². The second kappa shape index (κ2) is 12.8. The Balaban J connectivity index is 0.00000364. The summed E-state index contributed by atoms with van der Waals surface area (Å²) in [4.78, 5) is 17.7. The number of guanidine groups is 1. The fraction of sp³-hybridized carbons (Fsp3) is 0.579. The molecule has 0 aromatic heterocycles. The predicted octanol–water partition coefficient (Wildman–Crippen LogP) is 2.72. The van der Waals surface area contributed by atoms with Gasteiger partial charge in [0.2, 0.25) is 5.91 Å². The summed E-state index contributed by atoms with van der Waals surface area (Å²) < 4.78 is 11.4. The first-order valence-corrected chi connectivity index (χ1v) is 9.20. The van der Waals surface area contributed by atoms with Gasteiger partial charge in [-0.1, -0.05) is 6.07 Å². The number of amides is 1. The van der Waals surface area contributed by atoms with Crippen molar-refractivity contribution in [2.45, 2.75) is 32.8 Å². The Labute approximate surface area is 178 Å². The van der Waals surface area contributed by atoms with E-state index in [4.69, 9.17) is 9.47 Å². The Bertz CT molecular complexity index is 604. The Morgan fingerprint density at radius 2 is 2.07 bits per heavy atom. The molecule has 0 atom stereocenters. The summed E-state index contributed by atoms with van der Waals surface area (Å²) in [5.74, 6) is 1.53. The molecule has 27 heavy (non-hydrogen) atoms. The quantitative estimate of drug-likeness (QED) is 0.266. The summed E-state index contributed by atoms with van der Waals surface area (Å²) in [6.07, 6.45) is 2.43. The van der Waals surface area contributed by atoms with Gasteiger partial charge in [0.1, 0.15) is 12.4 Å². The van der Waals surface area contributed by atoms with Crippen molar-refractivity contribution in [2.24, 2.45) is 4.99 Å². The number of ether oxygens (including phenoxy) is 2. The lowest BCUT2D eigenvalue weighted by Crippen LogP contribution is -2.47. The molecule has 0 aliphatic carbocycles. The van der Waals surface area contributed by atoms with Crippen molar-refractivity contribution in [1.29, 1.82) is 0 Å². The van der Waals surface area contributed by atoms with E-state index in [0.717, 1.165) is 49.9 Å². The summed E-state index contributed by atoms with van der Waals surface area (Å²) in [5, 5.41) is 6.09. The number of carbonyl (C=O) groups excluding carboxylic acids is 1. The molecule has 152 valence electrons. The predicted molar refractivity (Wildman–Crippen MR) is 119 cm³/mol. The van der Waals surface area contributed by atoms with Gasteiger partial charge in [0.25, 0.3) is 0 Å². The van der Waals surface area contributed by atoms with E-state index in [1.807, 2.05) is 31.2 Å². The van der Waals surface area contributed by atoms with Gasteiger partial charge < -0.3 is 25.0 Å². The molecular formula is C19H31IN4O3. The van der Waals surface area contributed by atoms with Crippen LogP contribution in [0.4, 0.5) is 5.69 Å². The summed E-state index contributed by atoms with van der Waals surface area (Å²) in [6.45, 7) is 7.37. The lowest BCUT2D eigenvalue weighted by atomic mass is 10.1. The Morgan fingerprint density at radius 3 is 2.70 bits per heavy atom. The highest BCUT2D eigenvalue weighted by Gasteiger charge is 2.21. The van der Waals surface area contributed by atoms with Crippen LogP contribution >= 0.6 is 24.0 Å². The van der Waals surface area contributed by atoms with Gasteiger partial charge in [-0.3, -0.25) is 9.79 Å². The standard InChI is InChI=1S/C19H30N4O3.HI/c1-4-25-17-8-11-23(12-9-17)19(20-3)21-10-13-26-18-7-5-6-16(14-18)22-15(2)24;/h5-7,14,17H,4,8-13H2,1-3H3,(H,20,21)(H,22,24);1H. The molecule has 2 rings (SSSR count). The van der Waals surface area contributed by atoms with Crippen molar-refractivity contribution in [2.75, 3.05) is 45.2 Å². The van der Waals surface area contributed by atoms with Gasteiger partial charge in [0.05, 0.1) is 12.6 Å². The van der Waals surface area contributed by atoms with Gasteiger partial charge in [-0.05, 0) is 31.9 Å². The molecule has 8 heteroatoms. The molecule has 1 saturated heterocycles. The van der Waals surface area contributed by atoms with Crippen molar-refractivity contribution < 1.29 is 14.3 Å². The fourth-order valence-corrected chi connectivity index (χ4v) is 3.00. The number of likely N-dealkylation sites (tertiary alicyclic amines) is 1. The number of aliphatic imine (C=N–C) groups is 1. The smallest absolute Gasteiger partial charge is 0.221 e. The third kappa shape index (κ3) is 8.34. The molecule has 0 spiro atoms. The Hall–Kier alpha value is -1.55. The summed E-state index contributed by atoms with van der Waals surface area (Å²) in [5.41, 5.74) is 0.732. The van der Waals surface area contributed by atoms with Crippen LogP contribution in [-0.4, -0.2) is 62.8 Å². The largest absolute Gasteiger partial charge is 0.492 e. The molecule has 7 nitrogen and oxygen atoms in total. The second-order valence-corrected chi connectivity index (χ2v) is 6.17. The van der Waals surface area contributed by atoms with Crippen LogP contribution in [0.2, 0.25) is 0 Å². The van der Waals surface area contributed by atoms with E-state index in [1.165, 1.54) is 6.92 Å². The number of anilines is 1. The zero-order valence-corrected chi connectivity index (χ0v) is 18.7. The van der Waals surface area contributed by atoms with E-state index < -0.39 is 0 Å². The number of benzene rings is 1. The molecule has 0 saturated carbocycles. The molecule has 0 unspecified atom stereocenters. The van der Waals surface area contributed by atoms with Crippen LogP contribution < -0.4 is 15.4 Å². The Morgan fingerprint density at radius 1 is 1.33 bits per heavy atom. The molecule has 1 aliphatic heterocycles. The number of carbonyl (C=O) groups is 1. The van der Waals surface area contributed by atoms with Crippen LogP contribution in [0.15, 0.2) is 29.3 Å². The van der Waals surface area contributed by atoms with Crippen LogP contribution in [0, 0.1) is 0 Å². The molecule has 1 amide bonds. The van der Waals surface area contributed by atoms with E-state index in [0.29, 0.717) is 19.3 Å². The third-order valence-corrected chi connectivity index (χ3v) is 4.16. The van der Waals surface area contributed by atoms with Gasteiger partial charge in [0.15, 0.2) is 5.96 Å². The van der Waals surface area contributed by atoms with Gasteiger partial charge in [-0.25, -0.2) is 0 Å². The molecule has 2 N–H and O–H groups in total. The lowest BCUT2D eigenvalue weighted by molar-refractivity contribution is -0.114. The highest BCUT2D eigenvalue weighted by Crippen LogP contribution is 2.17. The van der Waals surface area contributed by atoms with Crippen molar-refractivity contribution in [1.82, 2.24) is 10.2 Å². The molecule has 1 aliphatic rings. The monoisotopic (exact) mass is 490 g/mol. The first-order chi connectivity index (χ1) is 12.6. The number of rotatable bonds is 7. The first-order valence-electron chi connectivity index (χ1n) is 9.20. The highest BCUT2D eigenvalue weighted by molar-refractivity contribution is 14.0. The highest BCUT2D eigenvalue weighted by atomic mass is 127. The number of hydrogen-bond donors (Lipinski definition) is 2. The lowest BCUT2D eigenvalue weighted by Gasteiger charge is -2.34. The number of piperidine rings is 1. The van der Waals surface area contributed by atoms with E-state index in [9.17, 15) is 4.79 Å². The summed E-state index contributed by atoms with van der Waals surface area (Å²) in [7, 11) is 1.80. The van der Waals surface area contributed by atoms with E-state index in [1.54, 1.807) is 7.05 Å². The maximum Gasteiger partial charge on any atom is 0.221 e. The summed E-state index contributed by atoms with van der Waals surface area (Å²) >= 11 is 0. The van der Waals surface area contributed by atoms with Crippen LogP contribution in [-0.2, 0) is 9.53 Å². The topological polar surface area (TPSA) is 75.2 Å². The SMILES string of the molecule is CCOC1CCN(C(=NC)NCCOc2cccc(NC(C)=O)c2)CC1.I. The fourth-order valence-electron chi connectivity index (χ4n) is 3.00. The van der Waals surface area contributed by atoms with Crippen LogP contribution in [0.1, 0.15) is 26.7 Å². The van der Waals surface area contributed by atoms with Crippen molar-refractivity contribution >= 4 is 41.5 Å². The average molecular weight is 490 g/mol. The van der Waals surface area contributed by atoms with Crippen molar-refractivity contribution in [3.05, 3.63) is 24.3 Å². The maximum atomic E-state index is 11.1. The number of hydrogen-bond acceptors (Lipinski definition) is 4. The number of halogens is 1. The van der Waals surface area contributed by atoms with Gasteiger partial charge in [-0.15, -0.1) is 24.0 Å². The molecule has 0 bridgehead atoms. The van der Waals surface area contributed by atoms with Crippen molar-refractivity contribution in [3.63, 3.8) is 0 Å².